The minimum absolute atomic E-state index is 0.0327. The fourth-order valence-corrected chi connectivity index (χ4v) is 2.49. The largest absolute Gasteiger partial charge is 0.506 e. The Morgan fingerprint density at radius 2 is 1.62 bits per heavy atom. The number of aromatic hydroxyl groups is 1. The van der Waals surface area contributed by atoms with Crippen molar-refractivity contribution in [1.82, 2.24) is 5.32 Å². The number of benzene rings is 1. The number of para-hydroxylation sites is 2. The Bertz CT molecular complexity index is 531. The van der Waals surface area contributed by atoms with Gasteiger partial charge < -0.3 is 15.7 Å². The van der Waals surface area contributed by atoms with Crippen LogP contribution in [0.4, 0.5) is 5.69 Å². The molecule has 2 amide bonds. The maximum Gasteiger partial charge on any atom is 0.313 e. The van der Waals surface area contributed by atoms with Crippen LogP contribution in [-0.2, 0) is 9.59 Å². The van der Waals surface area contributed by atoms with Gasteiger partial charge in [0.2, 0.25) is 0 Å². The molecule has 3 N–H and O–H groups in total. The molecule has 0 spiro atoms. The summed E-state index contributed by atoms with van der Waals surface area (Å²) in [7, 11) is 0. The zero-order valence-electron chi connectivity index (χ0n) is 13.3. The van der Waals surface area contributed by atoms with Crippen molar-refractivity contribution in [3.8, 4) is 5.75 Å². The van der Waals surface area contributed by atoms with Crippen molar-refractivity contribution < 1.29 is 14.7 Å². The van der Waals surface area contributed by atoms with Gasteiger partial charge in [0.25, 0.3) is 0 Å². The second kappa shape index (κ2) is 6.16. The Balaban J connectivity index is 2.67. The van der Waals surface area contributed by atoms with Crippen LogP contribution in [0.3, 0.4) is 0 Å². The molecule has 0 atom stereocenters. The van der Waals surface area contributed by atoms with Crippen molar-refractivity contribution in [3.05, 3.63) is 24.3 Å². The number of anilines is 1. The third kappa shape index (κ3) is 5.85. The van der Waals surface area contributed by atoms with E-state index in [1.807, 2.05) is 13.8 Å². The van der Waals surface area contributed by atoms with Crippen LogP contribution < -0.4 is 10.6 Å². The van der Waals surface area contributed by atoms with E-state index < -0.39 is 17.4 Å². The van der Waals surface area contributed by atoms with Crippen LogP contribution in [0.1, 0.15) is 41.0 Å². The summed E-state index contributed by atoms with van der Waals surface area (Å²) < 4.78 is 0. The number of rotatable bonds is 3. The maximum atomic E-state index is 12.0. The fraction of sp³-hybridized carbons (Fsp3) is 0.500. The molecule has 21 heavy (non-hydrogen) atoms. The third-order valence-electron chi connectivity index (χ3n) is 2.78. The van der Waals surface area contributed by atoms with E-state index in [2.05, 4.69) is 31.4 Å². The lowest BCUT2D eigenvalue weighted by Crippen LogP contribution is -2.49. The van der Waals surface area contributed by atoms with Crippen molar-refractivity contribution in [2.24, 2.45) is 5.41 Å². The highest BCUT2D eigenvalue weighted by Gasteiger charge is 2.29. The van der Waals surface area contributed by atoms with Crippen LogP contribution in [0, 0.1) is 5.41 Å². The molecule has 0 aromatic heterocycles. The average Bonchev–Trinajstić information content (AvgIpc) is 2.28. The van der Waals surface area contributed by atoms with Gasteiger partial charge in [-0.05, 0) is 37.8 Å². The molecule has 0 aliphatic carbocycles. The van der Waals surface area contributed by atoms with Crippen molar-refractivity contribution >= 4 is 17.5 Å². The first-order valence-corrected chi connectivity index (χ1v) is 6.92. The van der Waals surface area contributed by atoms with Crippen molar-refractivity contribution in [1.29, 1.82) is 0 Å². The van der Waals surface area contributed by atoms with E-state index in [4.69, 9.17) is 0 Å². The number of phenols is 1. The molecule has 0 saturated carbocycles. The zero-order valence-corrected chi connectivity index (χ0v) is 13.3. The van der Waals surface area contributed by atoms with Gasteiger partial charge in [0, 0.05) is 5.54 Å². The average molecular weight is 292 g/mol. The standard InChI is InChI=1S/C16H24N2O3/c1-15(2,3)10-16(4,5)18-14(21)13(20)17-11-8-6-7-9-12(11)19/h6-9,19H,10H2,1-5H3,(H,17,20)(H,18,21). The second-order valence-corrected chi connectivity index (χ2v) is 7.05. The van der Waals surface area contributed by atoms with Gasteiger partial charge in [-0.15, -0.1) is 0 Å². The molecular weight excluding hydrogens is 268 g/mol. The lowest BCUT2D eigenvalue weighted by atomic mass is 9.82. The van der Waals surface area contributed by atoms with Gasteiger partial charge in [0.15, 0.2) is 0 Å². The molecule has 1 rings (SSSR count). The number of hydrogen-bond donors (Lipinski definition) is 3. The summed E-state index contributed by atoms with van der Waals surface area (Å²) in [5, 5.41) is 14.7. The topological polar surface area (TPSA) is 78.4 Å². The number of hydrogen-bond acceptors (Lipinski definition) is 3. The van der Waals surface area contributed by atoms with Gasteiger partial charge >= 0.3 is 11.8 Å². The number of amides is 2. The molecule has 5 heteroatoms. The molecule has 0 unspecified atom stereocenters. The summed E-state index contributed by atoms with van der Waals surface area (Å²) in [6.07, 6.45) is 0.732. The van der Waals surface area contributed by atoms with Crippen LogP contribution in [0.5, 0.6) is 5.75 Å². The second-order valence-electron chi connectivity index (χ2n) is 7.05. The highest BCUT2D eigenvalue weighted by molar-refractivity contribution is 6.39. The van der Waals surface area contributed by atoms with E-state index in [0.29, 0.717) is 0 Å². The van der Waals surface area contributed by atoms with Gasteiger partial charge in [0.05, 0.1) is 5.69 Å². The quantitative estimate of drug-likeness (QED) is 0.592. The first-order valence-electron chi connectivity index (χ1n) is 6.92. The Kier molecular flexibility index (Phi) is 4.99. The minimum Gasteiger partial charge on any atom is -0.506 e. The highest BCUT2D eigenvalue weighted by Crippen LogP contribution is 2.27. The normalized spacial score (nSPS) is 11.9. The minimum atomic E-state index is -0.793. The van der Waals surface area contributed by atoms with E-state index in [-0.39, 0.29) is 16.9 Å². The van der Waals surface area contributed by atoms with Crippen LogP contribution in [0.2, 0.25) is 0 Å². The van der Waals surface area contributed by atoms with E-state index in [1.165, 1.54) is 12.1 Å². The molecule has 0 fully saturated rings. The first kappa shape index (κ1) is 17.0. The summed E-state index contributed by atoms with van der Waals surface area (Å²) in [5.41, 5.74) is -0.248. The lowest BCUT2D eigenvalue weighted by Gasteiger charge is -2.33. The van der Waals surface area contributed by atoms with E-state index in [1.54, 1.807) is 12.1 Å². The molecule has 0 radical (unpaired) electrons. The Morgan fingerprint density at radius 3 is 2.14 bits per heavy atom. The molecule has 1 aromatic rings. The lowest BCUT2D eigenvalue weighted by molar-refractivity contribution is -0.137. The first-order chi connectivity index (χ1) is 9.50. The van der Waals surface area contributed by atoms with Crippen LogP contribution >= 0.6 is 0 Å². The van der Waals surface area contributed by atoms with Crippen LogP contribution in [0.15, 0.2) is 24.3 Å². The summed E-state index contributed by atoms with van der Waals surface area (Å²) in [6.45, 7) is 9.97. The molecule has 0 saturated heterocycles. The van der Waals surface area contributed by atoms with E-state index in [9.17, 15) is 14.7 Å². The molecule has 0 heterocycles. The molecule has 0 bridgehead atoms. The van der Waals surface area contributed by atoms with Gasteiger partial charge in [-0.3, -0.25) is 9.59 Å². The Morgan fingerprint density at radius 1 is 1.05 bits per heavy atom. The zero-order chi connectivity index (χ0) is 16.3. The molecule has 116 valence electrons. The number of carbonyl (C=O) groups is 2. The summed E-state index contributed by atoms with van der Waals surface area (Å²) >= 11 is 0. The van der Waals surface area contributed by atoms with Gasteiger partial charge in [-0.1, -0.05) is 32.9 Å². The maximum absolute atomic E-state index is 12.0. The fourth-order valence-electron chi connectivity index (χ4n) is 2.49. The van der Waals surface area contributed by atoms with E-state index >= 15 is 0 Å². The molecule has 0 aliphatic heterocycles. The summed E-state index contributed by atoms with van der Waals surface area (Å²) in [6, 6.07) is 6.27. The van der Waals surface area contributed by atoms with Crippen LogP contribution in [0.25, 0.3) is 0 Å². The summed E-state index contributed by atoms with van der Waals surface area (Å²) in [5.74, 6) is -1.58. The monoisotopic (exact) mass is 292 g/mol. The Hall–Kier alpha value is -2.04. The van der Waals surface area contributed by atoms with E-state index in [0.717, 1.165) is 6.42 Å². The highest BCUT2D eigenvalue weighted by atomic mass is 16.3. The van der Waals surface area contributed by atoms with Crippen LogP contribution in [-0.4, -0.2) is 22.5 Å². The van der Waals surface area contributed by atoms with Gasteiger partial charge in [-0.2, -0.15) is 0 Å². The van der Waals surface area contributed by atoms with Crippen molar-refractivity contribution in [3.63, 3.8) is 0 Å². The molecule has 5 nitrogen and oxygen atoms in total. The molecular formula is C16H24N2O3. The van der Waals surface area contributed by atoms with Gasteiger partial charge in [0.1, 0.15) is 5.75 Å². The summed E-state index contributed by atoms with van der Waals surface area (Å²) in [4.78, 5) is 23.8. The Labute approximate surface area is 125 Å². The SMILES string of the molecule is CC(C)(C)CC(C)(C)NC(=O)C(=O)Nc1ccccc1O. The number of carbonyl (C=O) groups excluding carboxylic acids is 2. The van der Waals surface area contributed by atoms with Crippen molar-refractivity contribution in [2.75, 3.05) is 5.32 Å². The molecule has 0 aliphatic rings. The predicted octanol–water partition coefficient (Wildman–Crippen LogP) is 2.66. The van der Waals surface area contributed by atoms with Crippen molar-refractivity contribution in [2.45, 2.75) is 46.6 Å². The number of phenolic OH excluding ortho intramolecular Hbond substituents is 1. The number of nitrogens with one attached hydrogen (secondary N) is 2. The third-order valence-corrected chi connectivity index (χ3v) is 2.78. The van der Waals surface area contributed by atoms with Gasteiger partial charge in [-0.25, -0.2) is 0 Å². The smallest absolute Gasteiger partial charge is 0.313 e. The predicted molar refractivity (Wildman–Crippen MR) is 83.0 cm³/mol. The molecule has 1 aromatic carbocycles.